The molecule has 1 N–H and O–H groups in total. The molecule has 1 aliphatic carbocycles. The number of amides is 1. The van der Waals surface area contributed by atoms with E-state index in [1.54, 1.807) is 49.4 Å². The second kappa shape index (κ2) is 12.0. The van der Waals surface area contributed by atoms with Gasteiger partial charge in [-0.2, -0.15) is 8.78 Å². The van der Waals surface area contributed by atoms with E-state index < -0.39 is 69.6 Å². The number of piperidine rings is 1. The lowest BCUT2D eigenvalue weighted by Gasteiger charge is -2.52. The van der Waals surface area contributed by atoms with Gasteiger partial charge in [0.15, 0.2) is 0 Å². The Morgan fingerprint density at radius 3 is 2.21 bits per heavy atom. The van der Waals surface area contributed by atoms with Gasteiger partial charge in [-0.05, 0) is 81.3 Å². The van der Waals surface area contributed by atoms with Crippen LogP contribution in [-0.2, 0) is 19.6 Å². The van der Waals surface area contributed by atoms with Crippen molar-refractivity contribution in [3.63, 3.8) is 0 Å². The number of hydrogen-bond acceptors (Lipinski definition) is 4. The summed E-state index contributed by atoms with van der Waals surface area (Å²) in [7, 11) is -4.49. The lowest BCUT2D eigenvalue weighted by atomic mass is 9.67. The van der Waals surface area contributed by atoms with Crippen molar-refractivity contribution in [3.8, 4) is 0 Å². The van der Waals surface area contributed by atoms with Crippen LogP contribution in [0.15, 0.2) is 48.5 Å². The molecule has 1 amide bonds. The van der Waals surface area contributed by atoms with Gasteiger partial charge in [0.25, 0.3) is 0 Å². The molecule has 1 saturated heterocycles. The number of carbonyl (C=O) groups is 2. The van der Waals surface area contributed by atoms with Crippen LogP contribution in [0.4, 0.5) is 8.78 Å². The van der Waals surface area contributed by atoms with E-state index in [-0.39, 0.29) is 16.6 Å². The Hall–Kier alpha value is -2.27. The van der Waals surface area contributed by atoms with Crippen LogP contribution >= 0.6 is 23.2 Å². The van der Waals surface area contributed by atoms with Crippen LogP contribution in [0.3, 0.4) is 0 Å². The molecule has 2 aromatic rings. The van der Waals surface area contributed by atoms with Gasteiger partial charge in [-0.3, -0.25) is 9.59 Å². The summed E-state index contributed by atoms with van der Waals surface area (Å²) in [5.74, 6) is -2.41. The van der Waals surface area contributed by atoms with Crippen LogP contribution < -0.4 is 0 Å². The number of nitrogens with zero attached hydrogens (tertiary/aromatic N) is 2. The minimum Gasteiger partial charge on any atom is -0.481 e. The zero-order chi connectivity index (χ0) is 31.2. The highest BCUT2D eigenvalue weighted by Crippen LogP contribution is 2.54. The first-order valence-electron chi connectivity index (χ1n) is 13.8. The predicted molar refractivity (Wildman–Crippen MR) is 158 cm³/mol. The first-order valence-corrected chi connectivity index (χ1v) is 16.0. The lowest BCUT2D eigenvalue weighted by molar-refractivity contribution is -0.162. The molecule has 1 heterocycles. The van der Waals surface area contributed by atoms with Gasteiger partial charge in [-0.1, -0.05) is 54.4 Å². The number of benzene rings is 2. The second-order valence-electron chi connectivity index (χ2n) is 12.6. The van der Waals surface area contributed by atoms with Crippen molar-refractivity contribution >= 4 is 45.1 Å². The zero-order valence-electron chi connectivity index (χ0n) is 23.9. The highest BCUT2D eigenvalue weighted by atomic mass is 35.5. The Balaban J connectivity index is 1.94. The summed E-state index contributed by atoms with van der Waals surface area (Å²) in [4.78, 5) is 28.1. The van der Waals surface area contributed by atoms with Crippen LogP contribution in [-0.4, -0.2) is 58.5 Å². The smallest absolute Gasteiger partial charge is 0.307 e. The van der Waals surface area contributed by atoms with Gasteiger partial charge >= 0.3 is 12.5 Å². The van der Waals surface area contributed by atoms with Gasteiger partial charge in [0.1, 0.15) is 0 Å². The second-order valence-corrected chi connectivity index (χ2v) is 16.1. The number of halogens is 4. The molecule has 12 heteroatoms. The van der Waals surface area contributed by atoms with Crippen LogP contribution in [0.25, 0.3) is 0 Å². The molecule has 1 unspecified atom stereocenters. The minimum absolute atomic E-state index is 0.151. The Labute approximate surface area is 255 Å². The summed E-state index contributed by atoms with van der Waals surface area (Å²) in [5, 5.41) is 10.7. The summed E-state index contributed by atoms with van der Waals surface area (Å²) in [5.41, 5.74) is 0.0233. The highest BCUT2D eigenvalue weighted by molar-refractivity contribution is 7.90. The molecular weight excluding hydrogens is 609 g/mol. The Kier molecular flexibility index (Phi) is 9.34. The fraction of sp³-hybridized carbons (Fsp3) is 0.533. The number of sulfonamides is 1. The number of alkyl halides is 2. The third kappa shape index (κ3) is 6.61. The Morgan fingerprint density at radius 1 is 1.10 bits per heavy atom. The number of carbonyl (C=O) groups excluding carboxylic acids is 1. The molecule has 2 aliphatic rings. The molecule has 2 aromatic carbocycles. The maximum Gasteiger partial charge on any atom is 0.307 e. The first-order chi connectivity index (χ1) is 19.5. The Bertz CT molecular complexity index is 1430. The quantitative estimate of drug-likeness (QED) is 0.282. The van der Waals surface area contributed by atoms with Gasteiger partial charge in [-0.25, -0.2) is 8.42 Å². The summed E-state index contributed by atoms with van der Waals surface area (Å²) >= 11 is 12.6. The van der Waals surface area contributed by atoms with E-state index in [0.717, 1.165) is 5.56 Å². The molecule has 4 rings (SSSR count). The van der Waals surface area contributed by atoms with Crippen LogP contribution in [0, 0.1) is 11.3 Å². The molecule has 2 fully saturated rings. The molecule has 0 bridgehead atoms. The third-order valence-corrected chi connectivity index (χ3v) is 11.3. The normalized spacial score (nSPS) is 24.3. The van der Waals surface area contributed by atoms with E-state index in [2.05, 4.69) is 0 Å². The molecule has 230 valence electrons. The highest BCUT2D eigenvalue weighted by Gasteiger charge is 2.56. The van der Waals surface area contributed by atoms with E-state index in [9.17, 15) is 31.9 Å². The predicted octanol–water partition coefficient (Wildman–Crippen LogP) is 6.96. The molecule has 1 aliphatic heterocycles. The molecule has 4 atom stereocenters. The number of carboxylic acids is 1. The van der Waals surface area contributed by atoms with E-state index >= 15 is 0 Å². The van der Waals surface area contributed by atoms with E-state index in [1.165, 1.54) is 25.7 Å². The molecular formula is C30H36Cl2F2N2O5S. The maximum atomic E-state index is 14.5. The number of carboxylic acid groups (broad SMARTS) is 1. The van der Waals surface area contributed by atoms with E-state index in [1.807, 2.05) is 6.07 Å². The van der Waals surface area contributed by atoms with Crippen molar-refractivity contribution in [2.24, 2.45) is 11.3 Å². The van der Waals surface area contributed by atoms with Gasteiger partial charge in [0.2, 0.25) is 15.9 Å². The van der Waals surface area contributed by atoms with Crippen molar-refractivity contribution < 1.29 is 31.9 Å². The number of aliphatic carboxylic acids is 1. The Morgan fingerprint density at radius 2 is 1.71 bits per heavy atom. The van der Waals surface area contributed by atoms with Crippen LogP contribution in [0.5, 0.6) is 0 Å². The average Bonchev–Trinajstić information content (AvgIpc) is 3.71. The largest absolute Gasteiger partial charge is 0.481 e. The topological polar surface area (TPSA) is 95.0 Å². The molecule has 0 spiro atoms. The fourth-order valence-corrected chi connectivity index (χ4v) is 7.60. The van der Waals surface area contributed by atoms with E-state index in [4.69, 9.17) is 23.2 Å². The van der Waals surface area contributed by atoms with Crippen molar-refractivity contribution in [2.75, 3.05) is 6.54 Å². The third-order valence-electron chi connectivity index (χ3n) is 8.32. The number of hydrogen-bond donors (Lipinski definition) is 1. The zero-order valence-corrected chi connectivity index (χ0v) is 26.3. The SMILES string of the molecule is CC(C)(C)S(=O)(=O)N(CC(C1CC1)N1C(=O)[C@@](C)(CC(=O)O)C[C@H](c2cccc(Cl)c2)[C@H]1c1ccc(Cl)cc1)C(F)F. The molecule has 7 nitrogen and oxygen atoms in total. The fourth-order valence-electron chi connectivity index (χ4n) is 6.01. The summed E-state index contributed by atoms with van der Waals surface area (Å²) in [6, 6.07) is 12.3. The van der Waals surface area contributed by atoms with Gasteiger partial charge < -0.3 is 10.0 Å². The molecule has 0 aromatic heterocycles. The monoisotopic (exact) mass is 644 g/mol. The average molecular weight is 646 g/mol. The number of likely N-dealkylation sites (tertiary alicyclic amines) is 1. The number of rotatable bonds is 10. The molecule has 1 saturated carbocycles. The van der Waals surface area contributed by atoms with Gasteiger partial charge in [-0.15, -0.1) is 4.31 Å². The van der Waals surface area contributed by atoms with Crippen molar-refractivity contribution in [1.82, 2.24) is 9.21 Å². The van der Waals surface area contributed by atoms with E-state index in [0.29, 0.717) is 28.5 Å². The van der Waals surface area contributed by atoms with Crippen LogP contribution in [0.2, 0.25) is 10.0 Å². The molecule has 0 radical (unpaired) electrons. The summed E-state index contributed by atoms with van der Waals surface area (Å²) in [6.45, 7) is 1.68. The first kappa shape index (κ1) is 32.6. The van der Waals surface area contributed by atoms with Gasteiger partial charge in [0, 0.05) is 28.5 Å². The van der Waals surface area contributed by atoms with Crippen molar-refractivity contribution in [3.05, 3.63) is 69.7 Å². The van der Waals surface area contributed by atoms with Crippen LogP contribution in [0.1, 0.15) is 76.5 Å². The standard InChI is InChI=1S/C30H36Cl2F2N2O5S/c1-29(2,3)42(40,41)35(28(33)34)17-24(18-8-9-18)36-26(19-10-12-21(31)13-11-19)23(20-6-5-7-22(32)14-20)15-30(4,27(36)39)16-25(37)38/h5-7,10-14,18,23-24,26,28H,8-9,15-17H2,1-4H3,(H,37,38)/t23-,24?,26-,30-/m1/s1. The minimum atomic E-state index is -4.49. The molecule has 42 heavy (non-hydrogen) atoms. The lowest BCUT2D eigenvalue weighted by Crippen LogP contribution is -2.60. The van der Waals surface area contributed by atoms with Crippen molar-refractivity contribution in [1.29, 1.82) is 0 Å². The maximum absolute atomic E-state index is 14.5. The van der Waals surface area contributed by atoms with Crippen molar-refractivity contribution in [2.45, 2.75) is 82.7 Å². The van der Waals surface area contributed by atoms with Gasteiger partial charge in [0.05, 0.1) is 22.6 Å². The summed E-state index contributed by atoms with van der Waals surface area (Å²) in [6.07, 6.45) is 0.902. The summed E-state index contributed by atoms with van der Waals surface area (Å²) < 4.78 is 54.5.